The smallest absolute Gasteiger partial charge is 0.306 e. The van der Waals surface area contributed by atoms with Crippen LogP contribution in [-0.2, 0) is 28.6 Å². The molecule has 0 N–H and O–H groups in total. The summed E-state index contributed by atoms with van der Waals surface area (Å²) < 4.78 is 16.7. The van der Waals surface area contributed by atoms with E-state index < -0.39 is 6.10 Å². The van der Waals surface area contributed by atoms with Crippen LogP contribution in [0.25, 0.3) is 0 Å². The van der Waals surface area contributed by atoms with Crippen LogP contribution in [0, 0.1) is 0 Å². The Hall–Kier alpha value is -3.67. The maximum atomic E-state index is 12.8. The molecule has 6 nitrogen and oxygen atoms in total. The Balaban J connectivity index is 4.44. The molecule has 0 aromatic rings. The van der Waals surface area contributed by atoms with Crippen molar-refractivity contribution in [3.8, 4) is 0 Å². The Kier molecular flexibility index (Phi) is 46.0. The molecule has 0 bridgehead atoms. The summed E-state index contributed by atoms with van der Waals surface area (Å²) in [5.41, 5.74) is 0. The number of rotatable bonds is 43. The van der Waals surface area contributed by atoms with Crippen LogP contribution >= 0.6 is 0 Å². The van der Waals surface area contributed by atoms with Gasteiger partial charge in [-0.15, -0.1) is 0 Å². The third kappa shape index (κ3) is 47.2. The number of esters is 3. The average molecular weight is 847 g/mol. The maximum Gasteiger partial charge on any atom is 0.306 e. The third-order valence-corrected chi connectivity index (χ3v) is 10.2. The summed E-state index contributed by atoms with van der Waals surface area (Å²) in [5.74, 6) is -0.989. The van der Waals surface area contributed by atoms with Gasteiger partial charge in [0.1, 0.15) is 13.2 Å². The van der Waals surface area contributed by atoms with Gasteiger partial charge in [0.2, 0.25) is 0 Å². The van der Waals surface area contributed by atoms with E-state index in [1.807, 2.05) is 60.8 Å². The molecule has 0 rings (SSSR count). The highest BCUT2D eigenvalue weighted by atomic mass is 16.6. The van der Waals surface area contributed by atoms with Gasteiger partial charge in [0.15, 0.2) is 6.10 Å². The van der Waals surface area contributed by atoms with Gasteiger partial charge in [0.05, 0.1) is 0 Å². The second-order valence-corrected chi connectivity index (χ2v) is 16.1. The zero-order valence-electron chi connectivity index (χ0n) is 39.4. The van der Waals surface area contributed by atoms with Gasteiger partial charge in [-0.25, -0.2) is 0 Å². The molecule has 0 spiro atoms. The highest BCUT2D eigenvalue weighted by Gasteiger charge is 2.19. The van der Waals surface area contributed by atoms with E-state index in [-0.39, 0.29) is 31.1 Å². The zero-order valence-corrected chi connectivity index (χ0v) is 39.4. The van der Waals surface area contributed by atoms with E-state index in [0.29, 0.717) is 19.3 Å². The van der Waals surface area contributed by atoms with Gasteiger partial charge in [-0.1, -0.05) is 227 Å². The molecule has 0 aliphatic carbocycles. The Morgan fingerprint density at radius 2 is 0.721 bits per heavy atom. The first-order valence-electron chi connectivity index (χ1n) is 24.8. The van der Waals surface area contributed by atoms with Crippen LogP contribution in [0.1, 0.15) is 213 Å². The van der Waals surface area contributed by atoms with E-state index in [2.05, 4.69) is 57.2 Å². The first-order valence-corrected chi connectivity index (χ1v) is 24.8. The number of hydrogen-bond acceptors (Lipinski definition) is 6. The summed E-state index contributed by atoms with van der Waals surface area (Å²) in [6.45, 7) is 6.29. The van der Waals surface area contributed by atoms with E-state index >= 15 is 0 Å². The number of carbonyl (C=O) groups is 3. The van der Waals surface area contributed by atoms with Crippen LogP contribution in [0.2, 0.25) is 0 Å². The lowest BCUT2D eigenvalue weighted by molar-refractivity contribution is -0.167. The summed E-state index contributed by atoms with van der Waals surface area (Å²) in [7, 11) is 0. The summed E-state index contributed by atoms with van der Waals surface area (Å²) in [6.07, 6.45) is 64.0. The molecule has 0 aromatic carbocycles. The highest BCUT2D eigenvalue weighted by molar-refractivity contribution is 5.71. The van der Waals surface area contributed by atoms with Gasteiger partial charge in [-0.2, -0.15) is 0 Å². The standard InChI is InChI=1S/C55H90O6/c1-4-7-10-13-16-19-21-23-25-27-29-31-33-36-39-42-45-48-54(57)60-51-52(50-59-53(56)47-44-41-38-35-18-15-12-9-6-3)61-55(58)49-46-43-40-37-34-32-30-28-26-24-22-20-17-14-11-8-5-2/h7,9-10,12-13,16,18-19,21,23,25,27,29,31,33,35,52H,4-6,8,11,14-15,17,20,22,24,26,28,30,32,34,36-51H2,1-3H3/b10-7-,12-9-,16-13-,21-19-,25-23-,29-27+,33-31-,35-18-. The lowest BCUT2D eigenvalue weighted by atomic mass is 10.0. The summed E-state index contributed by atoms with van der Waals surface area (Å²) in [6, 6.07) is 0. The molecule has 0 aliphatic rings. The lowest BCUT2D eigenvalue weighted by Gasteiger charge is -2.18. The Bertz CT molecular complexity index is 1250. The van der Waals surface area contributed by atoms with Crippen molar-refractivity contribution in [2.45, 2.75) is 219 Å². The fourth-order valence-corrected chi connectivity index (χ4v) is 6.57. The monoisotopic (exact) mass is 847 g/mol. The van der Waals surface area contributed by atoms with Crippen LogP contribution in [0.4, 0.5) is 0 Å². The molecular formula is C55H90O6. The second kappa shape index (κ2) is 49.0. The van der Waals surface area contributed by atoms with Gasteiger partial charge in [0.25, 0.3) is 0 Å². The molecular weight excluding hydrogens is 757 g/mol. The zero-order chi connectivity index (χ0) is 44.4. The molecule has 0 aliphatic heterocycles. The topological polar surface area (TPSA) is 78.9 Å². The van der Waals surface area contributed by atoms with E-state index in [1.165, 1.54) is 89.9 Å². The molecule has 1 unspecified atom stereocenters. The van der Waals surface area contributed by atoms with Gasteiger partial charge in [0, 0.05) is 19.3 Å². The predicted molar refractivity (Wildman–Crippen MR) is 260 cm³/mol. The second-order valence-electron chi connectivity index (χ2n) is 16.1. The molecule has 0 radical (unpaired) electrons. The lowest BCUT2D eigenvalue weighted by Crippen LogP contribution is -2.30. The van der Waals surface area contributed by atoms with Gasteiger partial charge in [-0.05, 0) is 64.2 Å². The average Bonchev–Trinajstić information content (AvgIpc) is 3.26. The van der Waals surface area contributed by atoms with Crippen molar-refractivity contribution in [2.75, 3.05) is 13.2 Å². The van der Waals surface area contributed by atoms with Crippen molar-refractivity contribution in [3.05, 3.63) is 97.2 Å². The molecule has 346 valence electrons. The molecule has 0 saturated heterocycles. The first-order chi connectivity index (χ1) is 30.0. The van der Waals surface area contributed by atoms with E-state index in [9.17, 15) is 14.4 Å². The number of carbonyl (C=O) groups excluding carboxylic acids is 3. The van der Waals surface area contributed by atoms with Crippen molar-refractivity contribution in [1.82, 2.24) is 0 Å². The molecule has 1 atom stereocenters. The largest absolute Gasteiger partial charge is 0.462 e. The van der Waals surface area contributed by atoms with Crippen LogP contribution in [0.3, 0.4) is 0 Å². The third-order valence-electron chi connectivity index (χ3n) is 10.2. The van der Waals surface area contributed by atoms with E-state index in [1.54, 1.807) is 0 Å². The number of hydrogen-bond donors (Lipinski definition) is 0. The van der Waals surface area contributed by atoms with Crippen molar-refractivity contribution in [1.29, 1.82) is 0 Å². The number of allylic oxidation sites excluding steroid dienone is 16. The van der Waals surface area contributed by atoms with E-state index in [4.69, 9.17) is 14.2 Å². The fraction of sp³-hybridized carbons (Fsp3) is 0.655. The van der Waals surface area contributed by atoms with Crippen molar-refractivity contribution < 1.29 is 28.6 Å². The van der Waals surface area contributed by atoms with Crippen molar-refractivity contribution in [3.63, 3.8) is 0 Å². The normalized spacial score (nSPS) is 12.9. The Labute approximate surface area is 375 Å². The van der Waals surface area contributed by atoms with Gasteiger partial charge in [-0.3, -0.25) is 14.4 Å². The quantitative estimate of drug-likeness (QED) is 0.0200. The predicted octanol–water partition coefficient (Wildman–Crippen LogP) is 16.2. The molecule has 0 heterocycles. The van der Waals surface area contributed by atoms with E-state index in [0.717, 1.165) is 83.5 Å². The highest BCUT2D eigenvalue weighted by Crippen LogP contribution is 2.15. The summed E-state index contributed by atoms with van der Waals surface area (Å²) in [5, 5.41) is 0. The maximum absolute atomic E-state index is 12.8. The SMILES string of the molecule is CC\C=C/C=C\C=C/C=C\C=C\C=C/CCCCCC(=O)OCC(COC(=O)CCCC/C=C\C/C=C\CC)OC(=O)CCCCCCCCCCCCCCCCCCC. The minimum atomic E-state index is -0.806. The van der Waals surface area contributed by atoms with Gasteiger partial charge >= 0.3 is 17.9 Å². The van der Waals surface area contributed by atoms with Crippen molar-refractivity contribution >= 4 is 17.9 Å². The van der Waals surface area contributed by atoms with Crippen LogP contribution in [-0.4, -0.2) is 37.2 Å². The first kappa shape index (κ1) is 57.3. The summed E-state index contributed by atoms with van der Waals surface area (Å²) >= 11 is 0. The molecule has 61 heavy (non-hydrogen) atoms. The molecule has 0 fully saturated rings. The van der Waals surface area contributed by atoms with Crippen molar-refractivity contribution in [2.24, 2.45) is 0 Å². The minimum Gasteiger partial charge on any atom is -0.462 e. The molecule has 0 aromatic heterocycles. The molecule has 0 amide bonds. The van der Waals surface area contributed by atoms with Gasteiger partial charge < -0.3 is 14.2 Å². The van der Waals surface area contributed by atoms with Crippen LogP contribution in [0.15, 0.2) is 97.2 Å². The van der Waals surface area contributed by atoms with Crippen LogP contribution in [0.5, 0.6) is 0 Å². The number of unbranched alkanes of at least 4 members (excludes halogenated alkanes) is 21. The fourth-order valence-electron chi connectivity index (χ4n) is 6.57. The van der Waals surface area contributed by atoms with Crippen LogP contribution < -0.4 is 0 Å². The number of ether oxygens (including phenoxy) is 3. The minimum absolute atomic E-state index is 0.109. The summed E-state index contributed by atoms with van der Waals surface area (Å²) in [4.78, 5) is 37.8. The molecule has 0 saturated carbocycles. The Morgan fingerprint density at radius 1 is 0.361 bits per heavy atom. The molecule has 6 heteroatoms. The Morgan fingerprint density at radius 3 is 1.21 bits per heavy atom.